The average molecular weight is 466 g/mol. The summed E-state index contributed by atoms with van der Waals surface area (Å²) >= 11 is 0. The standard InChI is InChI=1S/C27H35N3O4/c1-18(2)17-28-26(32)24(29-25(31)23-11-6-5-8-19(23)3)20-12-14-30(15-13-20)27(33)21-9-7-10-22(16-21)34-4/h5-11,16,18,20,24H,12-15,17H2,1-4H3,(H,28,32)(H,29,31)/t24-/m1/s1. The summed E-state index contributed by atoms with van der Waals surface area (Å²) in [5.41, 5.74) is 2.01. The summed E-state index contributed by atoms with van der Waals surface area (Å²) in [6.07, 6.45) is 1.26. The van der Waals surface area contributed by atoms with Gasteiger partial charge in [0.15, 0.2) is 0 Å². The molecule has 0 spiro atoms. The number of nitrogens with one attached hydrogen (secondary N) is 2. The van der Waals surface area contributed by atoms with Gasteiger partial charge in [-0.25, -0.2) is 0 Å². The number of hydrogen-bond donors (Lipinski definition) is 2. The molecule has 34 heavy (non-hydrogen) atoms. The molecular formula is C27H35N3O4. The van der Waals surface area contributed by atoms with E-state index in [1.807, 2.05) is 39.0 Å². The van der Waals surface area contributed by atoms with Gasteiger partial charge in [0.2, 0.25) is 5.91 Å². The largest absolute Gasteiger partial charge is 0.497 e. The zero-order valence-corrected chi connectivity index (χ0v) is 20.5. The number of carbonyl (C=O) groups is 3. The molecule has 0 bridgehead atoms. The van der Waals surface area contributed by atoms with Gasteiger partial charge in [-0.3, -0.25) is 14.4 Å². The van der Waals surface area contributed by atoms with Gasteiger partial charge >= 0.3 is 0 Å². The third-order valence-electron chi connectivity index (χ3n) is 6.26. The van der Waals surface area contributed by atoms with Crippen molar-refractivity contribution in [3.8, 4) is 5.75 Å². The molecule has 1 fully saturated rings. The van der Waals surface area contributed by atoms with Crippen LogP contribution in [0.1, 0.15) is 53.0 Å². The van der Waals surface area contributed by atoms with Crippen LogP contribution >= 0.6 is 0 Å². The average Bonchev–Trinajstić information content (AvgIpc) is 2.85. The predicted molar refractivity (Wildman–Crippen MR) is 132 cm³/mol. The van der Waals surface area contributed by atoms with Gasteiger partial charge in [0.05, 0.1) is 7.11 Å². The quantitative estimate of drug-likeness (QED) is 0.625. The number of benzene rings is 2. The van der Waals surface area contributed by atoms with Crippen LogP contribution in [0.25, 0.3) is 0 Å². The van der Waals surface area contributed by atoms with Crippen LogP contribution in [-0.2, 0) is 4.79 Å². The molecule has 7 heteroatoms. The van der Waals surface area contributed by atoms with E-state index in [9.17, 15) is 14.4 Å². The van der Waals surface area contributed by atoms with E-state index in [1.165, 1.54) is 0 Å². The van der Waals surface area contributed by atoms with Gasteiger partial charge in [0, 0.05) is 30.8 Å². The van der Waals surface area contributed by atoms with E-state index in [1.54, 1.807) is 42.3 Å². The molecule has 3 amide bonds. The molecule has 1 aliphatic heterocycles. The number of hydrogen-bond acceptors (Lipinski definition) is 4. The lowest BCUT2D eigenvalue weighted by Gasteiger charge is -2.36. The Hall–Kier alpha value is -3.35. The van der Waals surface area contributed by atoms with Crippen molar-refractivity contribution in [2.45, 2.75) is 39.7 Å². The molecular weight excluding hydrogens is 430 g/mol. The Morgan fingerprint density at radius 2 is 1.76 bits per heavy atom. The minimum atomic E-state index is -0.653. The minimum absolute atomic E-state index is 0.0536. The Balaban J connectivity index is 1.70. The highest BCUT2D eigenvalue weighted by Crippen LogP contribution is 2.24. The Morgan fingerprint density at radius 3 is 2.41 bits per heavy atom. The Bertz CT molecular complexity index is 1010. The molecule has 1 heterocycles. The molecule has 0 unspecified atom stereocenters. The van der Waals surface area contributed by atoms with Crippen LogP contribution in [-0.4, -0.2) is 55.4 Å². The summed E-state index contributed by atoms with van der Waals surface area (Å²) in [6.45, 7) is 7.53. The van der Waals surface area contributed by atoms with Crippen molar-refractivity contribution in [3.05, 3.63) is 65.2 Å². The summed E-state index contributed by atoms with van der Waals surface area (Å²) in [7, 11) is 1.57. The second-order valence-electron chi connectivity index (χ2n) is 9.27. The molecule has 1 saturated heterocycles. The van der Waals surface area contributed by atoms with Gasteiger partial charge in [-0.15, -0.1) is 0 Å². The molecule has 2 N–H and O–H groups in total. The number of nitrogens with zero attached hydrogens (tertiary/aromatic N) is 1. The highest BCUT2D eigenvalue weighted by molar-refractivity contribution is 5.98. The number of carbonyl (C=O) groups excluding carboxylic acids is 3. The molecule has 2 aromatic carbocycles. The van der Waals surface area contributed by atoms with Crippen LogP contribution < -0.4 is 15.4 Å². The lowest BCUT2D eigenvalue weighted by Crippen LogP contribution is -2.54. The maximum absolute atomic E-state index is 13.1. The SMILES string of the molecule is COc1cccc(C(=O)N2CCC([C@@H](NC(=O)c3ccccc3C)C(=O)NCC(C)C)CC2)c1. The summed E-state index contributed by atoms with van der Waals surface area (Å²) in [4.78, 5) is 40.9. The van der Waals surface area contributed by atoms with Gasteiger partial charge in [-0.2, -0.15) is 0 Å². The van der Waals surface area contributed by atoms with Crippen molar-refractivity contribution < 1.29 is 19.1 Å². The topological polar surface area (TPSA) is 87.7 Å². The molecule has 182 valence electrons. The third-order valence-corrected chi connectivity index (χ3v) is 6.26. The van der Waals surface area contributed by atoms with Gasteiger partial charge in [0.25, 0.3) is 11.8 Å². The van der Waals surface area contributed by atoms with Crippen LogP contribution in [0.5, 0.6) is 5.75 Å². The van der Waals surface area contributed by atoms with Crippen LogP contribution in [0.3, 0.4) is 0 Å². The molecule has 7 nitrogen and oxygen atoms in total. The zero-order chi connectivity index (χ0) is 24.7. The summed E-state index contributed by atoms with van der Waals surface area (Å²) in [5, 5.41) is 5.96. The molecule has 2 aromatic rings. The van der Waals surface area contributed by atoms with E-state index >= 15 is 0 Å². The molecule has 1 aliphatic rings. The maximum atomic E-state index is 13.1. The van der Waals surface area contributed by atoms with Crippen molar-refractivity contribution in [1.82, 2.24) is 15.5 Å². The summed E-state index contributed by atoms with van der Waals surface area (Å²) in [6, 6.07) is 13.8. The monoisotopic (exact) mass is 465 g/mol. The molecule has 3 rings (SSSR count). The van der Waals surface area contributed by atoms with Gasteiger partial charge in [-0.1, -0.05) is 38.1 Å². The lowest BCUT2D eigenvalue weighted by atomic mass is 9.88. The van der Waals surface area contributed by atoms with Crippen molar-refractivity contribution in [1.29, 1.82) is 0 Å². The van der Waals surface area contributed by atoms with Crippen molar-refractivity contribution in [2.75, 3.05) is 26.7 Å². The number of piperidine rings is 1. The summed E-state index contributed by atoms with van der Waals surface area (Å²) in [5.74, 6) is 0.406. The second-order valence-corrected chi connectivity index (χ2v) is 9.27. The predicted octanol–water partition coefficient (Wildman–Crippen LogP) is 3.43. The Morgan fingerprint density at radius 1 is 1.06 bits per heavy atom. The zero-order valence-electron chi connectivity index (χ0n) is 20.5. The number of ether oxygens (including phenoxy) is 1. The first-order valence-electron chi connectivity index (χ1n) is 11.9. The fourth-order valence-electron chi connectivity index (χ4n) is 4.23. The lowest BCUT2D eigenvalue weighted by molar-refractivity contribution is -0.124. The van der Waals surface area contributed by atoms with Gasteiger partial charge < -0.3 is 20.3 Å². The van der Waals surface area contributed by atoms with Crippen molar-refractivity contribution in [2.24, 2.45) is 11.8 Å². The van der Waals surface area contributed by atoms with E-state index < -0.39 is 6.04 Å². The third kappa shape index (κ3) is 6.37. The first-order chi connectivity index (χ1) is 16.3. The fraction of sp³-hybridized carbons (Fsp3) is 0.444. The van der Waals surface area contributed by atoms with E-state index in [0.29, 0.717) is 55.3 Å². The second kappa shape index (κ2) is 11.7. The molecule has 0 aromatic heterocycles. The molecule has 0 aliphatic carbocycles. The number of likely N-dealkylation sites (tertiary alicyclic amines) is 1. The van der Waals surface area contributed by atoms with Crippen molar-refractivity contribution in [3.63, 3.8) is 0 Å². The van der Waals surface area contributed by atoms with Crippen LogP contribution in [0.4, 0.5) is 0 Å². The minimum Gasteiger partial charge on any atom is -0.497 e. The van der Waals surface area contributed by atoms with Crippen LogP contribution in [0, 0.1) is 18.8 Å². The number of aryl methyl sites for hydroxylation is 1. The first-order valence-corrected chi connectivity index (χ1v) is 11.9. The van der Waals surface area contributed by atoms with E-state index in [4.69, 9.17) is 4.74 Å². The Kier molecular flexibility index (Phi) is 8.68. The number of rotatable bonds is 8. The smallest absolute Gasteiger partial charge is 0.253 e. The maximum Gasteiger partial charge on any atom is 0.253 e. The van der Waals surface area contributed by atoms with E-state index in [-0.39, 0.29) is 23.6 Å². The highest BCUT2D eigenvalue weighted by Gasteiger charge is 2.34. The molecule has 1 atom stereocenters. The molecule has 0 radical (unpaired) electrons. The fourth-order valence-corrected chi connectivity index (χ4v) is 4.23. The van der Waals surface area contributed by atoms with Crippen LogP contribution in [0.15, 0.2) is 48.5 Å². The normalized spacial score (nSPS) is 15.0. The number of amides is 3. The van der Waals surface area contributed by atoms with E-state index in [2.05, 4.69) is 10.6 Å². The first kappa shape index (κ1) is 25.3. The van der Waals surface area contributed by atoms with E-state index in [0.717, 1.165) is 5.56 Å². The van der Waals surface area contributed by atoms with Crippen molar-refractivity contribution >= 4 is 17.7 Å². The van der Waals surface area contributed by atoms with Crippen LogP contribution in [0.2, 0.25) is 0 Å². The van der Waals surface area contributed by atoms with Gasteiger partial charge in [-0.05, 0) is 61.4 Å². The number of methoxy groups -OCH3 is 1. The summed E-state index contributed by atoms with van der Waals surface area (Å²) < 4.78 is 5.23. The Labute approximate surface area is 201 Å². The molecule has 0 saturated carbocycles. The highest BCUT2D eigenvalue weighted by atomic mass is 16.5. The van der Waals surface area contributed by atoms with Gasteiger partial charge in [0.1, 0.15) is 11.8 Å².